The molecule has 0 spiro atoms. The molecule has 1 aromatic heterocycles. The Balaban J connectivity index is 2.04. The van der Waals surface area contributed by atoms with Crippen LogP contribution >= 0.6 is 39.9 Å². The fourth-order valence-corrected chi connectivity index (χ4v) is 2.88. The van der Waals surface area contributed by atoms with E-state index in [0.29, 0.717) is 16.5 Å². The van der Waals surface area contributed by atoms with Gasteiger partial charge in [-0.1, -0.05) is 40.7 Å². The van der Waals surface area contributed by atoms with E-state index in [-0.39, 0.29) is 11.0 Å². The average molecular weight is 400 g/mol. The van der Waals surface area contributed by atoms with Crippen molar-refractivity contribution in [3.05, 3.63) is 40.1 Å². The van der Waals surface area contributed by atoms with Gasteiger partial charge >= 0.3 is 0 Å². The number of carbonyl (C=O) groups excluding carboxylic acids is 1. The van der Waals surface area contributed by atoms with Gasteiger partial charge < -0.3 is 0 Å². The highest BCUT2D eigenvalue weighted by Crippen LogP contribution is 2.14. The number of nitrogens with one attached hydrogen (secondary N) is 2. The standard InChI is InChI=1S/C13H14BrN5OS2/c1-3-22-13-17-16-8(2)19(13)18-12(21)15-11(20)9-5-4-6-10(14)7-9/h4-7H,3H2,1-2H3,(H2,15,18,20,21). The van der Waals surface area contributed by atoms with E-state index in [4.69, 9.17) is 12.2 Å². The van der Waals surface area contributed by atoms with E-state index < -0.39 is 0 Å². The summed E-state index contributed by atoms with van der Waals surface area (Å²) in [6.45, 7) is 3.82. The molecular weight excluding hydrogens is 386 g/mol. The van der Waals surface area contributed by atoms with Gasteiger partial charge in [0.2, 0.25) is 5.16 Å². The molecular formula is C13H14BrN5OS2. The van der Waals surface area contributed by atoms with Crippen molar-refractivity contribution in [1.82, 2.24) is 20.2 Å². The number of nitrogens with zero attached hydrogens (tertiary/aromatic N) is 3. The third kappa shape index (κ3) is 4.28. The van der Waals surface area contributed by atoms with Gasteiger partial charge in [0.1, 0.15) is 5.82 Å². The molecule has 9 heteroatoms. The third-order valence-corrected chi connectivity index (χ3v) is 4.09. The van der Waals surface area contributed by atoms with Crippen molar-refractivity contribution >= 4 is 50.9 Å². The van der Waals surface area contributed by atoms with E-state index in [2.05, 4.69) is 36.9 Å². The quantitative estimate of drug-likeness (QED) is 0.608. The summed E-state index contributed by atoms with van der Waals surface area (Å²) in [5, 5.41) is 11.5. The molecule has 6 nitrogen and oxygen atoms in total. The van der Waals surface area contributed by atoms with Crippen LogP contribution in [0.5, 0.6) is 0 Å². The maximum absolute atomic E-state index is 12.1. The summed E-state index contributed by atoms with van der Waals surface area (Å²) in [7, 11) is 0. The average Bonchev–Trinajstić information content (AvgIpc) is 2.80. The summed E-state index contributed by atoms with van der Waals surface area (Å²) in [4.78, 5) is 12.1. The van der Waals surface area contributed by atoms with Crippen LogP contribution in [0.4, 0.5) is 0 Å². The normalized spacial score (nSPS) is 10.3. The summed E-state index contributed by atoms with van der Waals surface area (Å²) in [6, 6.07) is 7.07. The van der Waals surface area contributed by atoms with Crippen molar-refractivity contribution < 1.29 is 4.79 Å². The van der Waals surface area contributed by atoms with Gasteiger partial charge in [-0.25, -0.2) is 4.68 Å². The van der Waals surface area contributed by atoms with Gasteiger partial charge in [-0.05, 0) is 43.1 Å². The van der Waals surface area contributed by atoms with Crippen molar-refractivity contribution in [2.45, 2.75) is 19.0 Å². The fourth-order valence-electron chi connectivity index (χ4n) is 1.63. The number of hydrogen-bond acceptors (Lipinski definition) is 5. The summed E-state index contributed by atoms with van der Waals surface area (Å²) < 4.78 is 2.48. The molecule has 0 aliphatic heterocycles. The Bertz CT molecular complexity index is 703. The lowest BCUT2D eigenvalue weighted by atomic mass is 10.2. The minimum Gasteiger partial charge on any atom is -0.298 e. The smallest absolute Gasteiger partial charge is 0.257 e. The van der Waals surface area contributed by atoms with Gasteiger partial charge in [-0.2, -0.15) is 0 Å². The number of benzene rings is 1. The Kier molecular flexibility index (Phi) is 5.92. The van der Waals surface area contributed by atoms with Crippen LogP contribution in [0, 0.1) is 6.92 Å². The highest BCUT2D eigenvalue weighted by Gasteiger charge is 2.12. The van der Waals surface area contributed by atoms with E-state index in [1.807, 2.05) is 13.0 Å². The minimum absolute atomic E-state index is 0.186. The van der Waals surface area contributed by atoms with Gasteiger partial charge in [-0.15, -0.1) is 10.2 Å². The zero-order chi connectivity index (χ0) is 16.1. The molecule has 2 aromatic rings. The van der Waals surface area contributed by atoms with Crippen LogP contribution in [0.3, 0.4) is 0 Å². The molecule has 0 saturated carbocycles. The summed E-state index contributed by atoms with van der Waals surface area (Å²) >= 11 is 10.0. The second kappa shape index (κ2) is 7.70. The van der Waals surface area contributed by atoms with Gasteiger partial charge in [0.05, 0.1) is 0 Å². The van der Waals surface area contributed by atoms with Crippen LogP contribution in [0.1, 0.15) is 23.1 Å². The number of halogens is 1. The Labute approximate surface area is 146 Å². The summed E-state index contributed by atoms with van der Waals surface area (Å²) in [5.74, 6) is 1.24. The molecule has 0 unspecified atom stereocenters. The Hall–Kier alpha value is -1.45. The van der Waals surface area contributed by atoms with Crippen LogP contribution in [-0.2, 0) is 0 Å². The second-order valence-electron chi connectivity index (χ2n) is 4.20. The first kappa shape index (κ1) is 16.9. The number of thiocarbonyl (C=S) groups is 1. The first-order valence-electron chi connectivity index (χ1n) is 6.44. The number of amides is 1. The van der Waals surface area contributed by atoms with Crippen molar-refractivity contribution in [1.29, 1.82) is 0 Å². The van der Waals surface area contributed by atoms with Gasteiger partial charge in [0.15, 0.2) is 5.11 Å². The summed E-state index contributed by atoms with van der Waals surface area (Å²) in [5.41, 5.74) is 3.43. The lowest BCUT2D eigenvalue weighted by Gasteiger charge is -2.12. The molecule has 1 amide bonds. The number of aryl methyl sites for hydroxylation is 1. The monoisotopic (exact) mass is 399 g/mol. The highest BCUT2D eigenvalue weighted by molar-refractivity contribution is 9.10. The zero-order valence-electron chi connectivity index (χ0n) is 12.0. The van der Waals surface area contributed by atoms with Crippen LogP contribution < -0.4 is 10.7 Å². The predicted octanol–water partition coefficient (Wildman–Crippen LogP) is 2.72. The van der Waals surface area contributed by atoms with Crippen LogP contribution in [0.25, 0.3) is 0 Å². The molecule has 2 N–H and O–H groups in total. The number of carbonyl (C=O) groups is 1. The number of aromatic nitrogens is 3. The molecule has 0 aliphatic carbocycles. The molecule has 0 radical (unpaired) electrons. The minimum atomic E-state index is -0.283. The van der Waals surface area contributed by atoms with E-state index in [1.165, 1.54) is 11.8 Å². The highest BCUT2D eigenvalue weighted by atomic mass is 79.9. The fraction of sp³-hybridized carbons (Fsp3) is 0.231. The predicted molar refractivity (Wildman–Crippen MR) is 94.7 cm³/mol. The Morgan fingerprint density at radius 3 is 2.91 bits per heavy atom. The first-order valence-corrected chi connectivity index (χ1v) is 8.62. The van der Waals surface area contributed by atoms with E-state index in [1.54, 1.807) is 29.8 Å². The van der Waals surface area contributed by atoms with Gasteiger partial charge in [0.25, 0.3) is 5.91 Å². The maximum Gasteiger partial charge on any atom is 0.257 e. The SMILES string of the molecule is CCSc1nnc(C)n1NC(=S)NC(=O)c1cccc(Br)c1. The molecule has 116 valence electrons. The van der Waals surface area contributed by atoms with Crippen molar-refractivity contribution in [2.24, 2.45) is 0 Å². The molecule has 0 atom stereocenters. The molecule has 0 fully saturated rings. The van der Waals surface area contributed by atoms with E-state index >= 15 is 0 Å². The summed E-state index contributed by atoms with van der Waals surface area (Å²) in [6.07, 6.45) is 0. The maximum atomic E-state index is 12.1. The lowest BCUT2D eigenvalue weighted by Crippen LogP contribution is -2.38. The van der Waals surface area contributed by atoms with Crippen LogP contribution in [0.15, 0.2) is 33.9 Å². The molecule has 0 saturated heterocycles. The third-order valence-electron chi connectivity index (χ3n) is 2.60. The lowest BCUT2D eigenvalue weighted by molar-refractivity contribution is 0.0977. The number of hydrogen-bond donors (Lipinski definition) is 2. The van der Waals surface area contributed by atoms with Crippen molar-refractivity contribution in [3.63, 3.8) is 0 Å². The topological polar surface area (TPSA) is 71.8 Å². The molecule has 22 heavy (non-hydrogen) atoms. The molecule has 1 heterocycles. The Morgan fingerprint density at radius 2 is 2.23 bits per heavy atom. The number of thioether (sulfide) groups is 1. The van der Waals surface area contributed by atoms with Crippen molar-refractivity contribution in [2.75, 3.05) is 11.2 Å². The number of rotatable bonds is 4. The molecule has 0 aliphatic rings. The van der Waals surface area contributed by atoms with Crippen molar-refractivity contribution in [3.8, 4) is 0 Å². The molecule has 2 rings (SSSR count). The molecule has 1 aromatic carbocycles. The van der Waals surface area contributed by atoms with Gasteiger partial charge in [-0.3, -0.25) is 15.5 Å². The van der Waals surface area contributed by atoms with E-state index in [9.17, 15) is 4.79 Å². The Morgan fingerprint density at radius 1 is 1.45 bits per heavy atom. The van der Waals surface area contributed by atoms with Gasteiger partial charge in [0, 0.05) is 10.0 Å². The largest absolute Gasteiger partial charge is 0.298 e. The molecule has 0 bridgehead atoms. The van der Waals surface area contributed by atoms with Crippen LogP contribution in [0.2, 0.25) is 0 Å². The second-order valence-corrected chi connectivity index (χ2v) is 6.76. The van der Waals surface area contributed by atoms with E-state index in [0.717, 1.165) is 10.2 Å². The zero-order valence-corrected chi connectivity index (χ0v) is 15.2. The first-order chi connectivity index (χ1) is 10.5. The van der Waals surface area contributed by atoms with Crippen LogP contribution in [-0.4, -0.2) is 31.6 Å².